The molecule has 5 atom stereocenters. The second-order valence-electron chi connectivity index (χ2n) is 11.9. The lowest BCUT2D eigenvalue weighted by Gasteiger charge is -2.53. The minimum Gasteiger partial charge on any atom is -0.497 e. The van der Waals surface area contributed by atoms with Gasteiger partial charge in [0.2, 0.25) is 5.79 Å². The molecule has 1 aliphatic heterocycles. The Labute approximate surface area is 278 Å². The molecule has 0 unspecified atom stereocenters. The summed E-state index contributed by atoms with van der Waals surface area (Å²) in [5.74, 6) is -2.01. The van der Waals surface area contributed by atoms with Crippen molar-refractivity contribution in [1.29, 1.82) is 0 Å². The highest BCUT2D eigenvalue weighted by Gasteiger charge is 2.59. The SMILES string of the molecule is CCC(=O)O[C@H]1/C(=C/C(=O)OC)C[C@@H](C[C@H](OCc2ccc(OC)cc2)[C@H](C)OCc2ccccc2)O[C@@]1(OC)C(C)(C)/C=C/C=O. The van der Waals surface area contributed by atoms with Crippen LogP contribution in [0.5, 0.6) is 5.75 Å². The molecule has 2 aromatic carbocycles. The van der Waals surface area contributed by atoms with E-state index in [0.717, 1.165) is 16.9 Å². The van der Waals surface area contributed by atoms with Gasteiger partial charge < -0.3 is 33.2 Å². The first-order valence-electron chi connectivity index (χ1n) is 15.8. The largest absolute Gasteiger partial charge is 0.497 e. The molecule has 3 rings (SSSR count). The van der Waals surface area contributed by atoms with Crippen LogP contribution in [0.15, 0.2) is 78.4 Å². The normalized spacial score (nSPS) is 22.1. The summed E-state index contributed by atoms with van der Waals surface area (Å²) in [7, 11) is 4.34. The summed E-state index contributed by atoms with van der Waals surface area (Å²) < 4.78 is 41.9. The molecule has 0 radical (unpaired) electrons. The average Bonchev–Trinajstić information content (AvgIpc) is 3.09. The van der Waals surface area contributed by atoms with Gasteiger partial charge in [-0.15, -0.1) is 0 Å². The van der Waals surface area contributed by atoms with Gasteiger partial charge in [-0.2, -0.15) is 0 Å². The van der Waals surface area contributed by atoms with Crippen molar-refractivity contribution in [3.63, 3.8) is 0 Å². The van der Waals surface area contributed by atoms with Crippen molar-refractivity contribution in [2.75, 3.05) is 21.3 Å². The highest BCUT2D eigenvalue weighted by atomic mass is 16.7. The number of carbonyl (C=O) groups is 3. The van der Waals surface area contributed by atoms with Gasteiger partial charge in [-0.1, -0.05) is 69.3 Å². The molecule has 0 N–H and O–H groups in total. The van der Waals surface area contributed by atoms with E-state index in [-0.39, 0.29) is 18.9 Å². The van der Waals surface area contributed by atoms with E-state index >= 15 is 0 Å². The fourth-order valence-corrected chi connectivity index (χ4v) is 5.60. The fourth-order valence-electron chi connectivity index (χ4n) is 5.60. The molecule has 1 aliphatic rings. The second kappa shape index (κ2) is 17.9. The topological polar surface area (TPSA) is 116 Å². The number of methoxy groups -OCH3 is 3. The summed E-state index contributed by atoms with van der Waals surface area (Å²) in [6, 6.07) is 17.5. The fraction of sp³-hybridized carbons (Fsp3) is 0.486. The third-order valence-corrected chi connectivity index (χ3v) is 8.32. The third-order valence-electron chi connectivity index (χ3n) is 8.32. The number of ether oxygens (including phenoxy) is 7. The lowest BCUT2D eigenvalue weighted by Crippen LogP contribution is -2.63. The highest BCUT2D eigenvalue weighted by Crippen LogP contribution is 2.48. The van der Waals surface area contributed by atoms with Crippen molar-refractivity contribution in [3.8, 4) is 5.75 Å². The third kappa shape index (κ3) is 10.1. The van der Waals surface area contributed by atoms with Gasteiger partial charge in [-0.05, 0) is 48.3 Å². The predicted octanol–water partition coefficient (Wildman–Crippen LogP) is 5.91. The lowest BCUT2D eigenvalue weighted by molar-refractivity contribution is -0.339. The molecule has 1 saturated heterocycles. The molecule has 0 aliphatic carbocycles. The maximum absolute atomic E-state index is 12.7. The molecule has 256 valence electrons. The Balaban J connectivity index is 2.01. The van der Waals surface area contributed by atoms with Gasteiger partial charge in [-0.25, -0.2) is 4.79 Å². The highest BCUT2D eigenvalue weighted by molar-refractivity contribution is 5.83. The van der Waals surface area contributed by atoms with Crippen LogP contribution in [0.4, 0.5) is 0 Å². The average molecular weight is 653 g/mol. The van der Waals surface area contributed by atoms with E-state index in [1.807, 2.05) is 75.4 Å². The zero-order valence-electron chi connectivity index (χ0n) is 28.4. The Morgan fingerprint density at radius 1 is 1.00 bits per heavy atom. The van der Waals surface area contributed by atoms with Gasteiger partial charge in [0.15, 0.2) is 6.10 Å². The maximum Gasteiger partial charge on any atom is 0.330 e. The summed E-state index contributed by atoms with van der Waals surface area (Å²) in [6.45, 7) is 7.91. The van der Waals surface area contributed by atoms with Crippen LogP contribution in [-0.2, 0) is 56.0 Å². The lowest BCUT2D eigenvalue weighted by atomic mass is 9.74. The molecule has 0 amide bonds. The zero-order chi connectivity index (χ0) is 34.5. The van der Waals surface area contributed by atoms with Crippen molar-refractivity contribution in [3.05, 3.63) is 89.5 Å². The first kappa shape index (κ1) is 37.6. The van der Waals surface area contributed by atoms with Crippen LogP contribution in [0.1, 0.15) is 58.1 Å². The molecule has 0 aromatic heterocycles. The standard InChI is InChI=1S/C37H48O10/c1-8-33(39)46-35-29(22-34(40)42-6)21-31(47-37(35,43-7)36(3,4)19-12-20-38)23-32(26(2)44-24-27-13-10-9-11-14-27)45-25-28-15-17-30(41-5)18-16-28/h9-20,22,26,31-32,35H,8,21,23-25H2,1-7H3/b19-12+,29-22+/t26-,31-,32-,35-,37+/m0/s1. The maximum atomic E-state index is 12.7. The molecule has 10 nitrogen and oxygen atoms in total. The van der Waals surface area contributed by atoms with Crippen LogP contribution in [0.25, 0.3) is 0 Å². The number of aldehydes is 1. The van der Waals surface area contributed by atoms with Gasteiger partial charge in [0, 0.05) is 31.4 Å². The Morgan fingerprint density at radius 3 is 2.26 bits per heavy atom. The first-order chi connectivity index (χ1) is 22.5. The Bertz CT molecular complexity index is 1350. The van der Waals surface area contributed by atoms with Gasteiger partial charge >= 0.3 is 11.9 Å². The predicted molar refractivity (Wildman–Crippen MR) is 175 cm³/mol. The minimum absolute atomic E-state index is 0.0906. The van der Waals surface area contributed by atoms with Gasteiger partial charge in [0.1, 0.15) is 12.0 Å². The van der Waals surface area contributed by atoms with Crippen LogP contribution in [0.2, 0.25) is 0 Å². The molecular weight excluding hydrogens is 604 g/mol. The number of benzene rings is 2. The van der Waals surface area contributed by atoms with Crippen molar-refractivity contribution in [1.82, 2.24) is 0 Å². The van der Waals surface area contributed by atoms with Crippen LogP contribution in [-0.4, -0.2) is 69.8 Å². The van der Waals surface area contributed by atoms with E-state index in [4.69, 9.17) is 33.2 Å². The Kier molecular flexibility index (Phi) is 14.3. The zero-order valence-corrected chi connectivity index (χ0v) is 28.4. The second-order valence-corrected chi connectivity index (χ2v) is 11.9. The van der Waals surface area contributed by atoms with Crippen LogP contribution < -0.4 is 4.74 Å². The van der Waals surface area contributed by atoms with Gasteiger partial charge in [0.25, 0.3) is 0 Å². The van der Waals surface area contributed by atoms with Crippen molar-refractivity contribution in [2.24, 2.45) is 5.41 Å². The summed E-state index contributed by atoms with van der Waals surface area (Å²) >= 11 is 0. The van der Waals surface area contributed by atoms with Gasteiger partial charge in [0.05, 0.1) is 45.7 Å². The van der Waals surface area contributed by atoms with E-state index in [9.17, 15) is 14.4 Å². The summed E-state index contributed by atoms with van der Waals surface area (Å²) in [5.41, 5.74) is 1.40. The van der Waals surface area contributed by atoms with Gasteiger partial charge in [-0.3, -0.25) is 9.59 Å². The van der Waals surface area contributed by atoms with Crippen molar-refractivity contribution in [2.45, 2.75) is 90.4 Å². The molecule has 0 bridgehead atoms. The van der Waals surface area contributed by atoms with Crippen LogP contribution in [0, 0.1) is 5.41 Å². The molecule has 0 spiro atoms. The molecule has 1 heterocycles. The monoisotopic (exact) mass is 652 g/mol. The van der Waals surface area contributed by atoms with E-state index < -0.39 is 41.5 Å². The number of rotatable bonds is 17. The van der Waals surface area contributed by atoms with E-state index in [0.29, 0.717) is 31.5 Å². The quantitative estimate of drug-likeness (QED) is 0.116. The van der Waals surface area contributed by atoms with E-state index in [2.05, 4.69) is 0 Å². The Hall–Kier alpha value is -3.83. The number of hydrogen-bond donors (Lipinski definition) is 0. The molecule has 0 saturated carbocycles. The van der Waals surface area contributed by atoms with Crippen molar-refractivity contribution >= 4 is 18.2 Å². The summed E-state index contributed by atoms with van der Waals surface area (Å²) in [5, 5.41) is 0. The first-order valence-corrected chi connectivity index (χ1v) is 15.8. The molecule has 1 fully saturated rings. The number of esters is 2. The van der Waals surface area contributed by atoms with Crippen LogP contribution in [0.3, 0.4) is 0 Å². The van der Waals surface area contributed by atoms with Crippen molar-refractivity contribution < 1.29 is 47.5 Å². The van der Waals surface area contributed by atoms with Crippen LogP contribution >= 0.6 is 0 Å². The summed E-state index contributed by atoms with van der Waals surface area (Å²) in [4.78, 5) is 36.7. The summed E-state index contributed by atoms with van der Waals surface area (Å²) in [6.07, 6.45) is 3.03. The molecule has 47 heavy (non-hydrogen) atoms. The number of carbonyl (C=O) groups excluding carboxylic acids is 3. The van der Waals surface area contributed by atoms with E-state index in [1.54, 1.807) is 20.1 Å². The molecule has 2 aromatic rings. The smallest absolute Gasteiger partial charge is 0.330 e. The molecular formula is C37H48O10. The minimum atomic E-state index is -1.63. The molecule has 10 heteroatoms. The van der Waals surface area contributed by atoms with E-state index in [1.165, 1.54) is 26.4 Å². The Morgan fingerprint density at radius 2 is 1.66 bits per heavy atom. The number of allylic oxidation sites excluding steroid dienone is 1. The number of hydrogen-bond acceptors (Lipinski definition) is 10.